The molecule has 2 heterocycles. The van der Waals surface area contributed by atoms with Crippen LogP contribution in [0.15, 0.2) is 42.5 Å². The van der Waals surface area contributed by atoms with Crippen molar-refractivity contribution < 1.29 is 5.11 Å². The average Bonchev–Trinajstić information content (AvgIpc) is 2.47. The van der Waals surface area contributed by atoms with Gasteiger partial charge in [0.25, 0.3) is 0 Å². The maximum Gasteiger partial charge on any atom is 0.116 e. The molecule has 110 valence electrons. The van der Waals surface area contributed by atoms with Gasteiger partial charge in [-0.05, 0) is 65.4 Å². The molecule has 2 aromatic rings. The molecular formula is C18H20ClNO. The summed E-state index contributed by atoms with van der Waals surface area (Å²) in [6, 6.07) is 12.2. The molecule has 1 saturated heterocycles. The normalized spacial score (nSPS) is 24.3. The second-order valence-electron chi connectivity index (χ2n) is 6.00. The number of nitrogens with zero attached hydrogens (tertiary/aromatic N) is 1. The molecule has 2 bridgehead atoms. The number of fused-ring (bicyclic) bond motifs is 3. The second-order valence-corrected chi connectivity index (χ2v) is 6.00. The number of piperidine rings is 1. The number of rotatable bonds is 1. The van der Waals surface area contributed by atoms with E-state index in [0.29, 0.717) is 11.7 Å². The number of halogens is 1. The van der Waals surface area contributed by atoms with E-state index in [9.17, 15) is 5.11 Å². The molecule has 0 aliphatic carbocycles. The molecular weight excluding hydrogens is 282 g/mol. The summed E-state index contributed by atoms with van der Waals surface area (Å²) in [5.74, 6) is 1.04. The lowest BCUT2D eigenvalue weighted by Gasteiger charge is -2.37. The zero-order valence-electron chi connectivity index (χ0n) is 12.0. The first kappa shape index (κ1) is 14.4. The first-order valence-corrected chi connectivity index (χ1v) is 7.45. The van der Waals surface area contributed by atoms with Crippen molar-refractivity contribution in [3.8, 4) is 5.75 Å². The molecule has 1 fully saturated rings. The Labute approximate surface area is 131 Å². The lowest BCUT2D eigenvalue weighted by Crippen LogP contribution is -2.39. The highest BCUT2D eigenvalue weighted by Gasteiger charge is 2.26. The Morgan fingerprint density at radius 3 is 2.76 bits per heavy atom. The summed E-state index contributed by atoms with van der Waals surface area (Å²) >= 11 is 0. The summed E-state index contributed by atoms with van der Waals surface area (Å²) in [6.45, 7) is 3.58. The number of hydrogen-bond acceptors (Lipinski definition) is 2. The van der Waals surface area contributed by atoms with Gasteiger partial charge in [-0.2, -0.15) is 0 Å². The van der Waals surface area contributed by atoms with E-state index in [1.165, 1.54) is 42.5 Å². The van der Waals surface area contributed by atoms with Crippen LogP contribution in [0.25, 0.3) is 16.3 Å². The van der Waals surface area contributed by atoms with Gasteiger partial charge in [-0.15, -0.1) is 12.4 Å². The predicted molar refractivity (Wildman–Crippen MR) is 90.0 cm³/mol. The van der Waals surface area contributed by atoms with E-state index in [1.54, 1.807) is 6.07 Å². The second kappa shape index (κ2) is 5.70. The lowest BCUT2D eigenvalue weighted by molar-refractivity contribution is 0.209. The zero-order chi connectivity index (χ0) is 13.5. The molecule has 2 unspecified atom stereocenters. The number of benzene rings is 2. The quantitative estimate of drug-likeness (QED) is 0.858. The first-order valence-electron chi connectivity index (χ1n) is 7.45. The molecule has 0 saturated carbocycles. The van der Waals surface area contributed by atoms with Gasteiger partial charge < -0.3 is 5.11 Å². The monoisotopic (exact) mass is 301 g/mol. The molecule has 0 spiro atoms. The SMILES string of the molecule is Cl.Oc1ccc2cc(C3=CCN4CCCC3C4)ccc2c1. The van der Waals surface area contributed by atoms with Gasteiger partial charge in [0.2, 0.25) is 0 Å². The van der Waals surface area contributed by atoms with Crippen molar-refractivity contribution in [3.05, 3.63) is 48.0 Å². The van der Waals surface area contributed by atoms with Crippen LogP contribution in [0, 0.1) is 5.92 Å². The van der Waals surface area contributed by atoms with E-state index >= 15 is 0 Å². The van der Waals surface area contributed by atoms with Crippen LogP contribution in [0.5, 0.6) is 5.75 Å². The van der Waals surface area contributed by atoms with Gasteiger partial charge in [-0.25, -0.2) is 0 Å². The number of hydrogen-bond donors (Lipinski definition) is 1. The highest BCUT2D eigenvalue weighted by Crippen LogP contribution is 2.35. The molecule has 3 heteroatoms. The third kappa shape index (κ3) is 2.66. The molecule has 4 rings (SSSR count). The highest BCUT2D eigenvalue weighted by molar-refractivity contribution is 5.87. The van der Waals surface area contributed by atoms with Crippen molar-refractivity contribution in [2.75, 3.05) is 19.6 Å². The van der Waals surface area contributed by atoms with Gasteiger partial charge in [0, 0.05) is 13.1 Å². The van der Waals surface area contributed by atoms with Crippen LogP contribution in [0.3, 0.4) is 0 Å². The van der Waals surface area contributed by atoms with Crippen molar-refractivity contribution in [2.24, 2.45) is 5.92 Å². The molecule has 2 nitrogen and oxygen atoms in total. The molecule has 2 aliphatic rings. The van der Waals surface area contributed by atoms with Crippen molar-refractivity contribution in [3.63, 3.8) is 0 Å². The Balaban J connectivity index is 0.00000132. The minimum Gasteiger partial charge on any atom is -0.508 e. The van der Waals surface area contributed by atoms with E-state index in [4.69, 9.17) is 0 Å². The molecule has 0 amide bonds. The van der Waals surface area contributed by atoms with Crippen LogP contribution in [-0.4, -0.2) is 29.6 Å². The highest BCUT2D eigenvalue weighted by atomic mass is 35.5. The fourth-order valence-electron chi connectivity index (χ4n) is 3.64. The van der Waals surface area contributed by atoms with Crippen LogP contribution in [0.4, 0.5) is 0 Å². The van der Waals surface area contributed by atoms with Crippen LogP contribution in [0.1, 0.15) is 18.4 Å². The lowest BCUT2D eigenvalue weighted by atomic mass is 9.83. The first-order chi connectivity index (χ1) is 9.79. The van der Waals surface area contributed by atoms with E-state index in [-0.39, 0.29) is 12.4 Å². The molecule has 2 aromatic carbocycles. The number of phenolic OH excluding ortho intramolecular Hbond substituents is 1. The Bertz CT molecular complexity index is 695. The van der Waals surface area contributed by atoms with Gasteiger partial charge >= 0.3 is 0 Å². The molecule has 0 radical (unpaired) electrons. The summed E-state index contributed by atoms with van der Waals surface area (Å²) in [5.41, 5.74) is 2.88. The van der Waals surface area contributed by atoms with Crippen LogP contribution < -0.4 is 0 Å². The van der Waals surface area contributed by atoms with E-state index in [0.717, 1.165) is 11.9 Å². The van der Waals surface area contributed by atoms with Crippen LogP contribution >= 0.6 is 12.4 Å². The van der Waals surface area contributed by atoms with Crippen molar-refractivity contribution in [2.45, 2.75) is 12.8 Å². The Hall–Kier alpha value is -1.51. The molecule has 2 atom stereocenters. The summed E-state index contributed by atoms with van der Waals surface area (Å²) in [6.07, 6.45) is 5.05. The Kier molecular flexibility index (Phi) is 3.92. The van der Waals surface area contributed by atoms with Gasteiger partial charge in [0.1, 0.15) is 5.75 Å². The minimum absolute atomic E-state index is 0. The Morgan fingerprint density at radius 1 is 1.05 bits per heavy atom. The number of aromatic hydroxyl groups is 1. The summed E-state index contributed by atoms with van der Waals surface area (Å²) in [4.78, 5) is 2.55. The fourth-order valence-corrected chi connectivity index (χ4v) is 3.64. The van der Waals surface area contributed by atoms with E-state index < -0.39 is 0 Å². The van der Waals surface area contributed by atoms with Gasteiger partial charge in [-0.3, -0.25) is 4.90 Å². The molecule has 0 aromatic heterocycles. The van der Waals surface area contributed by atoms with Gasteiger partial charge in [-0.1, -0.05) is 24.3 Å². The van der Waals surface area contributed by atoms with Crippen molar-refractivity contribution in [1.82, 2.24) is 4.90 Å². The maximum absolute atomic E-state index is 9.55. The predicted octanol–water partition coefficient (Wildman–Crippen LogP) is 4.08. The Morgan fingerprint density at radius 2 is 1.86 bits per heavy atom. The maximum atomic E-state index is 9.55. The average molecular weight is 302 g/mol. The summed E-state index contributed by atoms with van der Waals surface area (Å²) < 4.78 is 0. The fraction of sp³-hybridized carbons (Fsp3) is 0.333. The van der Waals surface area contributed by atoms with E-state index in [2.05, 4.69) is 29.2 Å². The van der Waals surface area contributed by atoms with Gasteiger partial charge in [0.15, 0.2) is 0 Å². The topological polar surface area (TPSA) is 23.5 Å². The van der Waals surface area contributed by atoms with Gasteiger partial charge in [0.05, 0.1) is 0 Å². The van der Waals surface area contributed by atoms with Crippen molar-refractivity contribution in [1.29, 1.82) is 0 Å². The standard InChI is InChI=1S/C18H19NO.ClH/c20-17-6-5-13-10-15(4-3-14(13)11-17)18-7-9-19-8-1-2-16(18)12-19;/h3-7,10-11,16,20H,1-2,8-9,12H2;1H. The molecule has 2 aliphatic heterocycles. The smallest absolute Gasteiger partial charge is 0.116 e. The van der Waals surface area contributed by atoms with Crippen LogP contribution in [0.2, 0.25) is 0 Å². The minimum atomic E-state index is 0. The largest absolute Gasteiger partial charge is 0.508 e. The third-order valence-corrected chi connectivity index (χ3v) is 4.67. The zero-order valence-corrected chi connectivity index (χ0v) is 12.8. The number of phenols is 1. The van der Waals surface area contributed by atoms with Crippen LogP contribution in [-0.2, 0) is 0 Å². The molecule has 21 heavy (non-hydrogen) atoms. The summed E-state index contributed by atoms with van der Waals surface area (Å²) in [7, 11) is 0. The summed E-state index contributed by atoms with van der Waals surface area (Å²) in [5, 5.41) is 11.9. The van der Waals surface area contributed by atoms with E-state index in [1.807, 2.05) is 12.1 Å². The third-order valence-electron chi connectivity index (χ3n) is 4.67. The van der Waals surface area contributed by atoms with Crippen molar-refractivity contribution >= 4 is 28.8 Å². The molecule has 1 N–H and O–H groups in total.